The highest BCUT2D eigenvalue weighted by Crippen LogP contribution is 2.23. The highest BCUT2D eigenvalue weighted by atomic mass is 16.6. The number of carbonyl (C=O) groups excluding carboxylic acids is 1. The van der Waals surface area contributed by atoms with Crippen molar-refractivity contribution in [3.63, 3.8) is 0 Å². The fourth-order valence-corrected chi connectivity index (χ4v) is 2.82. The summed E-state index contributed by atoms with van der Waals surface area (Å²) in [6.07, 6.45) is 6.14. The summed E-state index contributed by atoms with van der Waals surface area (Å²) in [5.41, 5.74) is -0.0443. The first-order valence-corrected chi connectivity index (χ1v) is 6.97. The second kappa shape index (κ2) is 6.02. The maximum absolute atomic E-state index is 12.3. The van der Waals surface area contributed by atoms with Gasteiger partial charge in [0.25, 0.3) is 0 Å². The van der Waals surface area contributed by atoms with E-state index in [1.807, 2.05) is 4.90 Å². The Labute approximate surface area is 117 Å². The van der Waals surface area contributed by atoms with Crippen molar-refractivity contribution >= 4 is 11.6 Å². The zero-order valence-corrected chi connectivity index (χ0v) is 11.9. The summed E-state index contributed by atoms with van der Waals surface area (Å²) in [5, 5.41) is 14.5. The minimum Gasteiger partial charge on any atom is -0.337 e. The molecule has 0 unspecified atom stereocenters. The molecule has 1 fully saturated rings. The molecule has 0 aliphatic carbocycles. The van der Waals surface area contributed by atoms with Gasteiger partial charge in [-0.25, -0.2) is 0 Å². The van der Waals surface area contributed by atoms with Crippen molar-refractivity contribution in [3.05, 3.63) is 22.5 Å². The van der Waals surface area contributed by atoms with Gasteiger partial charge in [0, 0.05) is 25.0 Å². The number of aromatic nitrogens is 2. The van der Waals surface area contributed by atoms with Crippen molar-refractivity contribution in [2.45, 2.75) is 58.2 Å². The third-order valence-electron chi connectivity index (χ3n) is 3.87. The van der Waals surface area contributed by atoms with E-state index in [9.17, 15) is 14.9 Å². The van der Waals surface area contributed by atoms with Gasteiger partial charge in [-0.1, -0.05) is 0 Å². The van der Waals surface area contributed by atoms with Crippen molar-refractivity contribution < 1.29 is 9.72 Å². The Bertz CT molecular complexity index is 490. The third-order valence-corrected chi connectivity index (χ3v) is 3.87. The number of amides is 1. The monoisotopic (exact) mass is 280 g/mol. The van der Waals surface area contributed by atoms with Crippen LogP contribution < -0.4 is 0 Å². The molecule has 2 rings (SSSR count). The van der Waals surface area contributed by atoms with E-state index in [1.54, 1.807) is 0 Å². The average molecular weight is 280 g/mol. The van der Waals surface area contributed by atoms with Crippen LogP contribution in [-0.4, -0.2) is 37.6 Å². The number of likely N-dealkylation sites (tertiary alicyclic amines) is 1. The number of hydrogen-bond acceptors (Lipinski definition) is 4. The lowest BCUT2D eigenvalue weighted by molar-refractivity contribution is -0.385. The Hall–Kier alpha value is -1.92. The third kappa shape index (κ3) is 3.15. The minimum absolute atomic E-state index is 0.0443. The smallest absolute Gasteiger partial charge is 0.306 e. The standard InChI is InChI=1S/C13H20N4O3/c1-10-4-3-5-11(2)16(10)13(18)6-7-15-9-12(8-14-15)17(19)20/h8-11H,3-7H2,1-2H3/t10-,11-/m1/s1. The van der Waals surface area contributed by atoms with Crippen LogP contribution in [0.15, 0.2) is 12.4 Å². The zero-order chi connectivity index (χ0) is 14.7. The van der Waals surface area contributed by atoms with E-state index in [4.69, 9.17) is 0 Å². The van der Waals surface area contributed by atoms with Gasteiger partial charge in [0.2, 0.25) is 5.91 Å². The second-order valence-corrected chi connectivity index (χ2v) is 5.40. The van der Waals surface area contributed by atoms with Crippen LogP contribution >= 0.6 is 0 Å². The number of aryl methyl sites for hydroxylation is 1. The molecule has 1 aliphatic heterocycles. The fraction of sp³-hybridized carbons (Fsp3) is 0.692. The number of piperidine rings is 1. The van der Waals surface area contributed by atoms with E-state index in [0.717, 1.165) is 19.3 Å². The number of nitro groups is 1. The molecule has 110 valence electrons. The number of nitrogens with zero attached hydrogens (tertiary/aromatic N) is 4. The molecule has 7 nitrogen and oxygen atoms in total. The molecule has 2 heterocycles. The summed E-state index contributed by atoms with van der Waals surface area (Å²) in [6.45, 7) is 4.53. The molecule has 0 N–H and O–H groups in total. The van der Waals surface area contributed by atoms with E-state index in [1.165, 1.54) is 17.1 Å². The molecular weight excluding hydrogens is 260 g/mol. The summed E-state index contributed by atoms with van der Waals surface area (Å²) >= 11 is 0. The summed E-state index contributed by atoms with van der Waals surface area (Å²) in [6, 6.07) is 0.552. The Balaban J connectivity index is 1.92. The van der Waals surface area contributed by atoms with Gasteiger partial charge >= 0.3 is 5.69 Å². The lowest BCUT2D eigenvalue weighted by Gasteiger charge is -2.39. The van der Waals surface area contributed by atoms with Crippen LogP contribution in [0.1, 0.15) is 39.5 Å². The van der Waals surface area contributed by atoms with Crippen LogP contribution in [0.5, 0.6) is 0 Å². The molecule has 1 aromatic heterocycles. The van der Waals surface area contributed by atoms with Gasteiger partial charge in [-0.3, -0.25) is 19.6 Å². The predicted molar refractivity (Wildman–Crippen MR) is 73.1 cm³/mol. The Morgan fingerprint density at radius 2 is 2.10 bits per heavy atom. The maximum atomic E-state index is 12.3. The largest absolute Gasteiger partial charge is 0.337 e. The first-order valence-electron chi connectivity index (χ1n) is 6.97. The van der Waals surface area contributed by atoms with E-state index in [-0.39, 0.29) is 23.7 Å². The molecule has 0 spiro atoms. The van der Waals surface area contributed by atoms with Crippen molar-refractivity contribution in [3.8, 4) is 0 Å². The van der Waals surface area contributed by atoms with Crippen molar-refractivity contribution in [1.29, 1.82) is 0 Å². The SMILES string of the molecule is C[C@@H]1CCC[C@@H](C)N1C(=O)CCn1cc([N+](=O)[O-])cn1. The van der Waals surface area contributed by atoms with Gasteiger partial charge in [-0.05, 0) is 33.1 Å². The fourth-order valence-electron chi connectivity index (χ4n) is 2.82. The van der Waals surface area contributed by atoms with Crippen LogP contribution in [0.3, 0.4) is 0 Å². The quantitative estimate of drug-likeness (QED) is 0.623. The van der Waals surface area contributed by atoms with Crippen LogP contribution in [0.2, 0.25) is 0 Å². The van der Waals surface area contributed by atoms with E-state index < -0.39 is 4.92 Å². The average Bonchev–Trinajstić information content (AvgIpc) is 2.85. The lowest BCUT2D eigenvalue weighted by Crippen LogP contribution is -2.47. The molecule has 1 aliphatic rings. The molecule has 1 amide bonds. The molecule has 7 heteroatoms. The molecule has 0 radical (unpaired) electrons. The van der Waals surface area contributed by atoms with E-state index >= 15 is 0 Å². The van der Waals surface area contributed by atoms with Gasteiger partial charge in [-0.15, -0.1) is 0 Å². The zero-order valence-electron chi connectivity index (χ0n) is 11.9. The van der Waals surface area contributed by atoms with Crippen molar-refractivity contribution in [1.82, 2.24) is 14.7 Å². The van der Waals surface area contributed by atoms with Crippen molar-refractivity contribution in [2.24, 2.45) is 0 Å². The Kier molecular flexibility index (Phi) is 4.36. The predicted octanol–water partition coefficient (Wildman–Crippen LogP) is 1.97. The van der Waals surface area contributed by atoms with Crippen LogP contribution in [0.25, 0.3) is 0 Å². The highest BCUT2D eigenvalue weighted by molar-refractivity contribution is 5.76. The summed E-state index contributed by atoms with van der Waals surface area (Å²) in [7, 11) is 0. The summed E-state index contributed by atoms with van der Waals surface area (Å²) in [4.78, 5) is 24.3. The molecule has 20 heavy (non-hydrogen) atoms. The molecule has 0 saturated carbocycles. The van der Waals surface area contributed by atoms with Gasteiger partial charge in [-0.2, -0.15) is 5.10 Å². The van der Waals surface area contributed by atoms with Gasteiger partial charge < -0.3 is 4.90 Å². The highest BCUT2D eigenvalue weighted by Gasteiger charge is 2.28. The van der Waals surface area contributed by atoms with Crippen LogP contribution in [0.4, 0.5) is 5.69 Å². The topological polar surface area (TPSA) is 81.3 Å². The van der Waals surface area contributed by atoms with Gasteiger partial charge in [0.05, 0.1) is 4.92 Å². The molecule has 0 aromatic carbocycles. The van der Waals surface area contributed by atoms with Gasteiger partial charge in [0.15, 0.2) is 0 Å². The van der Waals surface area contributed by atoms with Crippen LogP contribution in [0, 0.1) is 10.1 Å². The maximum Gasteiger partial charge on any atom is 0.306 e. The summed E-state index contributed by atoms with van der Waals surface area (Å²) in [5.74, 6) is 0.0999. The molecule has 0 bridgehead atoms. The normalized spacial score (nSPS) is 22.8. The lowest BCUT2D eigenvalue weighted by atomic mass is 9.97. The van der Waals surface area contributed by atoms with Crippen molar-refractivity contribution in [2.75, 3.05) is 0 Å². The Morgan fingerprint density at radius 1 is 1.45 bits per heavy atom. The molecule has 1 saturated heterocycles. The Morgan fingerprint density at radius 3 is 2.65 bits per heavy atom. The van der Waals surface area contributed by atoms with Crippen LogP contribution in [-0.2, 0) is 11.3 Å². The first kappa shape index (κ1) is 14.5. The first-order chi connectivity index (χ1) is 9.49. The van der Waals surface area contributed by atoms with Gasteiger partial charge in [0.1, 0.15) is 12.4 Å². The van der Waals surface area contributed by atoms with E-state index in [2.05, 4.69) is 18.9 Å². The minimum atomic E-state index is -0.486. The molecule has 2 atom stereocenters. The molecule has 1 aromatic rings. The molecular formula is C13H20N4O3. The number of hydrogen-bond donors (Lipinski definition) is 0. The second-order valence-electron chi connectivity index (χ2n) is 5.40. The number of carbonyl (C=O) groups is 1. The van der Waals surface area contributed by atoms with E-state index in [0.29, 0.717) is 13.0 Å². The summed E-state index contributed by atoms with van der Waals surface area (Å²) < 4.78 is 1.45. The number of rotatable bonds is 4.